The van der Waals surface area contributed by atoms with Crippen LogP contribution in [0.25, 0.3) is 0 Å². The number of carbonyl (C=O) groups is 3. The molecule has 2 N–H and O–H groups in total. The average molecular weight is 366 g/mol. The minimum absolute atomic E-state index is 0.144. The van der Waals surface area contributed by atoms with Crippen molar-refractivity contribution in [3.63, 3.8) is 0 Å². The van der Waals surface area contributed by atoms with Crippen LogP contribution >= 0.6 is 11.8 Å². The van der Waals surface area contributed by atoms with E-state index in [0.29, 0.717) is 23.6 Å². The van der Waals surface area contributed by atoms with Gasteiger partial charge in [0.05, 0.1) is 17.9 Å². The molecule has 1 aromatic rings. The zero-order chi connectivity index (χ0) is 18.1. The van der Waals surface area contributed by atoms with Crippen molar-refractivity contribution in [3.8, 4) is 0 Å². The summed E-state index contributed by atoms with van der Waals surface area (Å²) in [6.07, 6.45) is 1.96. The Morgan fingerprint density at radius 2 is 1.96 bits per heavy atom. The second-order valence-electron chi connectivity index (χ2n) is 5.55. The highest BCUT2D eigenvalue weighted by atomic mass is 32.2. The lowest BCUT2D eigenvalue weighted by Crippen LogP contribution is -2.30. The molecule has 25 heavy (non-hydrogen) atoms. The fourth-order valence-electron chi connectivity index (χ4n) is 1.95. The smallest absolute Gasteiger partial charge is 0.339 e. The minimum Gasteiger partial charge on any atom is -0.452 e. The van der Waals surface area contributed by atoms with E-state index in [1.54, 1.807) is 31.4 Å². The molecule has 2 amide bonds. The predicted octanol–water partition coefficient (Wildman–Crippen LogP) is 0.977. The average Bonchev–Trinajstić information content (AvgIpc) is 3.42. The van der Waals surface area contributed by atoms with Crippen molar-refractivity contribution < 1.29 is 23.9 Å². The summed E-state index contributed by atoms with van der Waals surface area (Å²) in [7, 11) is 1.56. The molecule has 136 valence electrons. The normalized spacial score (nSPS) is 13.2. The number of amides is 2. The monoisotopic (exact) mass is 366 g/mol. The van der Waals surface area contributed by atoms with Crippen LogP contribution < -0.4 is 10.6 Å². The largest absolute Gasteiger partial charge is 0.452 e. The molecule has 0 aromatic heterocycles. The molecular formula is C17H22N2O5S. The van der Waals surface area contributed by atoms with Crippen LogP contribution in [0.5, 0.6) is 0 Å². The lowest BCUT2D eigenvalue weighted by Gasteiger charge is -2.10. The molecule has 1 fully saturated rings. The standard InChI is InChI=1S/C17H22N2O5S/c1-23-9-8-18-16(21)11-25-14-5-3-2-4-13(14)17(22)24-10-15(20)19-12-6-7-12/h2-5,12H,6-11H2,1H3,(H,18,21)(H,19,20). The van der Waals surface area contributed by atoms with Crippen LogP contribution in [0, 0.1) is 0 Å². The number of hydrogen-bond acceptors (Lipinski definition) is 6. The van der Waals surface area contributed by atoms with Gasteiger partial charge in [-0.3, -0.25) is 9.59 Å². The van der Waals surface area contributed by atoms with E-state index in [9.17, 15) is 14.4 Å². The quantitative estimate of drug-likeness (QED) is 0.364. The van der Waals surface area contributed by atoms with Crippen molar-refractivity contribution in [2.45, 2.75) is 23.8 Å². The first kappa shape index (κ1) is 19.3. The second kappa shape index (κ2) is 10.0. The van der Waals surface area contributed by atoms with E-state index in [-0.39, 0.29) is 30.2 Å². The van der Waals surface area contributed by atoms with Crippen molar-refractivity contribution in [2.75, 3.05) is 32.6 Å². The summed E-state index contributed by atoms with van der Waals surface area (Å²) in [4.78, 5) is 36.2. The molecule has 7 nitrogen and oxygen atoms in total. The Bertz CT molecular complexity index is 619. The zero-order valence-electron chi connectivity index (χ0n) is 14.1. The van der Waals surface area contributed by atoms with Gasteiger partial charge in [0.2, 0.25) is 5.91 Å². The van der Waals surface area contributed by atoms with Gasteiger partial charge in [0, 0.05) is 24.6 Å². The maximum atomic E-state index is 12.2. The molecule has 0 radical (unpaired) electrons. The van der Waals surface area contributed by atoms with E-state index in [4.69, 9.17) is 9.47 Å². The summed E-state index contributed by atoms with van der Waals surface area (Å²) in [5.74, 6) is -0.836. The van der Waals surface area contributed by atoms with E-state index in [1.807, 2.05) is 0 Å². The highest BCUT2D eigenvalue weighted by Gasteiger charge is 2.24. The third-order valence-corrected chi connectivity index (χ3v) is 4.44. The Kier molecular flexibility index (Phi) is 7.75. The first-order valence-electron chi connectivity index (χ1n) is 8.04. The van der Waals surface area contributed by atoms with Crippen LogP contribution in [-0.4, -0.2) is 56.4 Å². The van der Waals surface area contributed by atoms with E-state index in [2.05, 4.69) is 10.6 Å². The van der Waals surface area contributed by atoms with Crippen LogP contribution in [0.4, 0.5) is 0 Å². The van der Waals surface area contributed by atoms with Gasteiger partial charge in [-0.15, -0.1) is 11.8 Å². The van der Waals surface area contributed by atoms with Gasteiger partial charge in [0.15, 0.2) is 6.61 Å². The molecule has 0 bridgehead atoms. The Labute approximate surface area is 150 Å². The van der Waals surface area contributed by atoms with Crippen LogP contribution in [0.15, 0.2) is 29.2 Å². The zero-order valence-corrected chi connectivity index (χ0v) is 14.9. The molecule has 0 spiro atoms. The number of esters is 1. The molecule has 2 rings (SSSR count). The fourth-order valence-corrected chi connectivity index (χ4v) is 2.82. The predicted molar refractivity (Wildman–Crippen MR) is 93.5 cm³/mol. The Morgan fingerprint density at radius 3 is 2.68 bits per heavy atom. The third kappa shape index (κ3) is 7.15. The SMILES string of the molecule is COCCNC(=O)CSc1ccccc1C(=O)OCC(=O)NC1CC1. The Balaban J connectivity index is 1.82. The molecule has 1 aliphatic carbocycles. The summed E-state index contributed by atoms with van der Waals surface area (Å²) >= 11 is 1.24. The molecule has 1 aliphatic rings. The van der Waals surface area contributed by atoms with Crippen LogP contribution in [0.2, 0.25) is 0 Å². The third-order valence-electron chi connectivity index (χ3n) is 3.37. The van der Waals surface area contributed by atoms with Gasteiger partial charge in [0.1, 0.15) is 0 Å². The topological polar surface area (TPSA) is 93.7 Å². The number of ether oxygens (including phenoxy) is 2. The summed E-state index contributed by atoms with van der Waals surface area (Å²) in [5.41, 5.74) is 0.344. The maximum absolute atomic E-state index is 12.2. The van der Waals surface area contributed by atoms with Crippen molar-refractivity contribution in [2.24, 2.45) is 0 Å². The molecular weight excluding hydrogens is 344 g/mol. The molecule has 0 saturated heterocycles. The van der Waals surface area contributed by atoms with Crippen LogP contribution in [0.3, 0.4) is 0 Å². The van der Waals surface area contributed by atoms with Gasteiger partial charge < -0.3 is 20.1 Å². The molecule has 8 heteroatoms. The molecule has 0 unspecified atom stereocenters. The lowest BCUT2D eigenvalue weighted by molar-refractivity contribution is -0.124. The van der Waals surface area contributed by atoms with E-state index in [0.717, 1.165) is 12.8 Å². The number of rotatable bonds is 10. The highest BCUT2D eigenvalue weighted by Crippen LogP contribution is 2.23. The summed E-state index contributed by atoms with van der Waals surface area (Å²) < 4.78 is 9.93. The number of thioether (sulfide) groups is 1. The minimum atomic E-state index is -0.575. The van der Waals surface area contributed by atoms with Crippen molar-refractivity contribution in [3.05, 3.63) is 29.8 Å². The van der Waals surface area contributed by atoms with Crippen LogP contribution in [-0.2, 0) is 19.1 Å². The number of carbonyl (C=O) groups excluding carboxylic acids is 3. The number of hydrogen-bond donors (Lipinski definition) is 2. The van der Waals surface area contributed by atoms with E-state index < -0.39 is 5.97 Å². The lowest BCUT2D eigenvalue weighted by atomic mass is 10.2. The molecule has 0 heterocycles. The van der Waals surface area contributed by atoms with Gasteiger partial charge in [-0.1, -0.05) is 12.1 Å². The summed E-state index contributed by atoms with van der Waals surface area (Å²) in [6.45, 7) is 0.587. The molecule has 0 atom stereocenters. The van der Waals surface area contributed by atoms with Gasteiger partial charge in [-0.25, -0.2) is 4.79 Å². The number of nitrogens with one attached hydrogen (secondary N) is 2. The van der Waals surface area contributed by atoms with Gasteiger partial charge in [-0.2, -0.15) is 0 Å². The van der Waals surface area contributed by atoms with Gasteiger partial charge in [-0.05, 0) is 25.0 Å². The van der Waals surface area contributed by atoms with Crippen molar-refractivity contribution in [1.29, 1.82) is 0 Å². The van der Waals surface area contributed by atoms with Crippen LogP contribution in [0.1, 0.15) is 23.2 Å². The molecule has 1 aromatic carbocycles. The maximum Gasteiger partial charge on any atom is 0.339 e. The summed E-state index contributed by atoms with van der Waals surface area (Å²) in [5, 5.41) is 5.47. The van der Waals surface area contributed by atoms with Crippen molar-refractivity contribution in [1.82, 2.24) is 10.6 Å². The van der Waals surface area contributed by atoms with Crippen molar-refractivity contribution >= 4 is 29.5 Å². The Morgan fingerprint density at radius 1 is 1.20 bits per heavy atom. The molecule has 1 saturated carbocycles. The molecule has 0 aliphatic heterocycles. The van der Waals surface area contributed by atoms with E-state index in [1.165, 1.54) is 11.8 Å². The van der Waals surface area contributed by atoms with Gasteiger partial charge in [0.25, 0.3) is 5.91 Å². The van der Waals surface area contributed by atoms with Gasteiger partial charge >= 0.3 is 5.97 Å². The first-order valence-corrected chi connectivity index (χ1v) is 9.02. The second-order valence-corrected chi connectivity index (χ2v) is 6.56. The highest BCUT2D eigenvalue weighted by molar-refractivity contribution is 8.00. The fraction of sp³-hybridized carbons (Fsp3) is 0.471. The van der Waals surface area contributed by atoms with E-state index >= 15 is 0 Å². The Hall–Kier alpha value is -2.06. The number of benzene rings is 1. The summed E-state index contributed by atoms with van der Waals surface area (Å²) in [6, 6.07) is 7.08. The number of methoxy groups -OCH3 is 1. The first-order chi connectivity index (χ1) is 12.1.